The summed E-state index contributed by atoms with van der Waals surface area (Å²) in [4.78, 5) is 8.66. The number of rotatable bonds is 9. The highest BCUT2D eigenvalue weighted by molar-refractivity contribution is 6.31. The Kier molecular flexibility index (Phi) is 6.71. The highest BCUT2D eigenvalue weighted by Crippen LogP contribution is 2.17. The van der Waals surface area contributed by atoms with Crippen molar-refractivity contribution in [2.24, 2.45) is 0 Å². The number of methoxy groups -OCH3 is 1. The molecule has 1 aromatic heterocycles. The zero-order valence-electron chi connectivity index (χ0n) is 15.0. The van der Waals surface area contributed by atoms with Crippen molar-refractivity contribution in [3.8, 4) is 11.5 Å². The van der Waals surface area contributed by atoms with Crippen molar-refractivity contribution in [3.05, 3.63) is 71.4 Å². The second-order valence-electron chi connectivity index (χ2n) is 5.66. The van der Waals surface area contributed by atoms with Gasteiger partial charge < -0.3 is 20.1 Å². The van der Waals surface area contributed by atoms with Gasteiger partial charge >= 0.3 is 0 Å². The van der Waals surface area contributed by atoms with Crippen molar-refractivity contribution in [2.45, 2.75) is 6.54 Å². The molecule has 0 atom stereocenters. The van der Waals surface area contributed by atoms with Gasteiger partial charge in [-0.15, -0.1) is 0 Å². The molecule has 0 bridgehead atoms. The van der Waals surface area contributed by atoms with Crippen molar-refractivity contribution < 1.29 is 9.47 Å². The van der Waals surface area contributed by atoms with Crippen molar-refractivity contribution in [2.75, 3.05) is 30.9 Å². The molecule has 3 aromatic rings. The molecule has 0 fully saturated rings. The molecule has 1 heterocycles. The van der Waals surface area contributed by atoms with Crippen LogP contribution in [0.1, 0.15) is 5.56 Å². The predicted octanol–water partition coefficient (Wildman–Crippen LogP) is 4.24. The maximum Gasteiger partial charge on any atom is 0.224 e. The molecule has 140 valence electrons. The maximum atomic E-state index is 6.16. The van der Waals surface area contributed by atoms with Crippen LogP contribution in [0.15, 0.2) is 60.8 Å². The molecular weight excluding hydrogens is 364 g/mol. The smallest absolute Gasteiger partial charge is 0.224 e. The third-order valence-corrected chi connectivity index (χ3v) is 4.16. The van der Waals surface area contributed by atoms with Crippen molar-refractivity contribution in [1.29, 1.82) is 0 Å². The van der Waals surface area contributed by atoms with Gasteiger partial charge in [-0.1, -0.05) is 29.8 Å². The molecule has 0 spiro atoms. The van der Waals surface area contributed by atoms with Crippen LogP contribution < -0.4 is 20.1 Å². The third kappa shape index (κ3) is 5.76. The Labute approximate surface area is 163 Å². The van der Waals surface area contributed by atoms with E-state index < -0.39 is 0 Å². The Morgan fingerprint density at radius 3 is 2.52 bits per heavy atom. The summed E-state index contributed by atoms with van der Waals surface area (Å²) < 4.78 is 10.8. The number of benzene rings is 2. The van der Waals surface area contributed by atoms with E-state index in [2.05, 4.69) is 20.6 Å². The monoisotopic (exact) mass is 384 g/mol. The first kappa shape index (κ1) is 18.8. The second-order valence-corrected chi connectivity index (χ2v) is 6.07. The first-order valence-corrected chi connectivity index (χ1v) is 8.93. The van der Waals surface area contributed by atoms with E-state index in [1.165, 1.54) is 0 Å². The van der Waals surface area contributed by atoms with Crippen LogP contribution in [0.3, 0.4) is 0 Å². The van der Waals surface area contributed by atoms with Crippen molar-refractivity contribution >= 4 is 23.4 Å². The Balaban J connectivity index is 1.45. The Bertz CT molecular complexity index is 859. The first-order valence-electron chi connectivity index (χ1n) is 8.55. The van der Waals surface area contributed by atoms with Gasteiger partial charge in [-0.2, -0.15) is 4.98 Å². The summed E-state index contributed by atoms with van der Waals surface area (Å²) in [7, 11) is 1.64. The first-order chi connectivity index (χ1) is 13.2. The molecule has 0 saturated heterocycles. The summed E-state index contributed by atoms with van der Waals surface area (Å²) in [6.07, 6.45) is 1.70. The molecule has 0 aliphatic rings. The van der Waals surface area contributed by atoms with Crippen LogP contribution in [0.5, 0.6) is 11.5 Å². The summed E-state index contributed by atoms with van der Waals surface area (Å²) in [5.41, 5.74) is 0.994. The van der Waals surface area contributed by atoms with Gasteiger partial charge in [0.1, 0.15) is 23.9 Å². The van der Waals surface area contributed by atoms with E-state index in [9.17, 15) is 0 Å². The van der Waals surface area contributed by atoms with Gasteiger partial charge in [0.15, 0.2) is 0 Å². The van der Waals surface area contributed by atoms with Gasteiger partial charge in [0.25, 0.3) is 0 Å². The standard InChI is InChI=1S/C20H21ClN4O2/c1-26-16-6-8-17(9-7-16)27-13-12-22-19-10-11-23-20(25-19)24-14-15-4-2-3-5-18(15)21/h2-11H,12-14H2,1H3,(H2,22,23,24,25). The van der Waals surface area contributed by atoms with Gasteiger partial charge in [-0.3, -0.25) is 0 Å². The lowest BCUT2D eigenvalue weighted by Gasteiger charge is -2.10. The van der Waals surface area contributed by atoms with Crippen LogP contribution in [0.2, 0.25) is 5.02 Å². The predicted molar refractivity (Wildman–Crippen MR) is 108 cm³/mol. The lowest BCUT2D eigenvalue weighted by molar-refractivity contribution is 0.331. The molecular formula is C20H21ClN4O2. The molecule has 0 amide bonds. The minimum absolute atomic E-state index is 0.513. The number of ether oxygens (including phenoxy) is 2. The largest absolute Gasteiger partial charge is 0.497 e. The molecule has 6 nitrogen and oxygen atoms in total. The highest BCUT2D eigenvalue weighted by Gasteiger charge is 2.02. The topological polar surface area (TPSA) is 68.3 Å². The third-order valence-electron chi connectivity index (χ3n) is 3.79. The average molecular weight is 385 g/mol. The van der Waals surface area contributed by atoms with E-state index >= 15 is 0 Å². The molecule has 0 saturated carbocycles. The summed E-state index contributed by atoms with van der Waals surface area (Å²) in [5, 5.41) is 7.12. The number of anilines is 2. The van der Waals surface area contributed by atoms with Crippen molar-refractivity contribution in [3.63, 3.8) is 0 Å². The van der Waals surface area contributed by atoms with Gasteiger partial charge in [0.2, 0.25) is 5.95 Å². The van der Waals surface area contributed by atoms with Crippen LogP contribution in [-0.2, 0) is 6.54 Å². The van der Waals surface area contributed by atoms with Gasteiger partial charge in [0.05, 0.1) is 13.7 Å². The van der Waals surface area contributed by atoms with Crippen molar-refractivity contribution in [1.82, 2.24) is 9.97 Å². The second kappa shape index (κ2) is 9.64. The lowest BCUT2D eigenvalue weighted by Crippen LogP contribution is -2.13. The number of aromatic nitrogens is 2. The summed E-state index contributed by atoms with van der Waals surface area (Å²) >= 11 is 6.16. The SMILES string of the molecule is COc1ccc(OCCNc2ccnc(NCc3ccccc3Cl)n2)cc1. The summed E-state index contributed by atoms with van der Waals surface area (Å²) in [5.74, 6) is 2.86. The fourth-order valence-corrected chi connectivity index (χ4v) is 2.58. The maximum absolute atomic E-state index is 6.16. The molecule has 27 heavy (non-hydrogen) atoms. The molecule has 0 aliphatic heterocycles. The van der Waals surface area contributed by atoms with E-state index in [1.54, 1.807) is 13.3 Å². The van der Waals surface area contributed by atoms with E-state index in [0.717, 1.165) is 27.9 Å². The summed E-state index contributed by atoms with van der Waals surface area (Å²) in [6.45, 7) is 1.69. The Hall–Kier alpha value is -2.99. The molecule has 2 N–H and O–H groups in total. The van der Waals surface area contributed by atoms with E-state index in [-0.39, 0.29) is 0 Å². The summed E-state index contributed by atoms with van der Waals surface area (Å²) in [6, 6.07) is 17.0. The van der Waals surface area contributed by atoms with E-state index in [1.807, 2.05) is 54.6 Å². The quantitative estimate of drug-likeness (QED) is 0.538. The van der Waals surface area contributed by atoms with E-state index in [0.29, 0.717) is 25.6 Å². The molecule has 0 unspecified atom stereocenters. The average Bonchev–Trinajstić information content (AvgIpc) is 2.71. The molecule has 3 rings (SSSR count). The molecule has 7 heteroatoms. The van der Waals surface area contributed by atoms with Crippen LogP contribution in [0, 0.1) is 0 Å². The van der Waals surface area contributed by atoms with Crippen LogP contribution in [0.25, 0.3) is 0 Å². The van der Waals surface area contributed by atoms with Gasteiger partial charge in [0, 0.05) is 17.8 Å². The molecule has 2 aromatic carbocycles. The minimum atomic E-state index is 0.513. The number of nitrogens with zero attached hydrogens (tertiary/aromatic N) is 2. The zero-order valence-corrected chi connectivity index (χ0v) is 15.7. The lowest BCUT2D eigenvalue weighted by atomic mass is 10.2. The normalized spacial score (nSPS) is 10.3. The van der Waals surface area contributed by atoms with Gasteiger partial charge in [-0.25, -0.2) is 4.98 Å². The van der Waals surface area contributed by atoms with Crippen LogP contribution >= 0.6 is 11.6 Å². The number of nitrogens with one attached hydrogen (secondary N) is 2. The number of halogens is 1. The van der Waals surface area contributed by atoms with E-state index in [4.69, 9.17) is 21.1 Å². The highest BCUT2D eigenvalue weighted by atomic mass is 35.5. The molecule has 0 radical (unpaired) electrons. The van der Waals surface area contributed by atoms with Crippen LogP contribution in [0.4, 0.5) is 11.8 Å². The fourth-order valence-electron chi connectivity index (χ4n) is 2.38. The zero-order chi connectivity index (χ0) is 18.9. The Morgan fingerprint density at radius 2 is 1.74 bits per heavy atom. The Morgan fingerprint density at radius 1 is 0.963 bits per heavy atom. The van der Waals surface area contributed by atoms with Crippen LogP contribution in [-0.4, -0.2) is 30.2 Å². The number of hydrogen-bond acceptors (Lipinski definition) is 6. The number of hydrogen-bond donors (Lipinski definition) is 2. The fraction of sp³-hybridized carbons (Fsp3) is 0.200. The molecule has 0 aliphatic carbocycles. The minimum Gasteiger partial charge on any atom is -0.497 e. The van der Waals surface area contributed by atoms with Gasteiger partial charge in [-0.05, 0) is 42.0 Å².